The highest BCUT2D eigenvalue weighted by atomic mass is 19.4. The molecule has 0 aliphatic carbocycles. The van der Waals surface area contributed by atoms with Crippen molar-refractivity contribution < 1.29 is 115 Å². The second-order valence-electron chi connectivity index (χ2n) is 9.23. The summed E-state index contributed by atoms with van der Waals surface area (Å²) >= 11 is 0. The lowest BCUT2D eigenvalue weighted by molar-refractivity contribution is -0.481. The quantitative estimate of drug-likeness (QED) is 0.138. The number of nitrogens with zero attached hydrogens (tertiary/aromatic N) is 1. The Hall–Kier alpha value is -2.32. The van der Waals surface area contributed by atoms with E-state index in [9.17, 15) is 115 Å². The van der Waals surface area contributed by atoms with E-state index in [4.69, 9.17) is 0 Å². The van der Waals surface area contributed by atoms with Crippen molar-refractivity contribution >= 4 is 5.91 Å². The predicted octanol–water partition coefficient (Wildman–Crippen LogP) is 7.60. The van der Waals surface area contributed by atoms with Crippen molar-refractivity contribution in [3.8, 4) is 0 Å². The Bertz CT molecular complexity index is 1090. The zero-order valence-electron chi connectivity index (χ0n) is 21.4. The molecule has 0 radical (unpaired) electrons. The molecule has 0 rings (SSSR count). The van der Waals surface area contributed by atoms with E-state index in [0.29, 0.717) is 5.32 Å². The van der Waals surface area contributed by atoms with Gasteiger partial charge in [-0.25, -0.2) is 0 Å². The first-order valence-electron chi connectivity index (χ1n) is 10.7. The summed E-state index contributed by atoms with van der Waals surface area (Å²) in [6.45, 7) is -1.48. The fourth-order valence-electron chi connectivity index (χ4n) is 2.80. The van der Waals surface area contributed by atoms with Gasteiger partial charge < -0.3 is 10.2 Å². The Labute approximate surface area is 237 Å². The van der Waals surface area contributed by atoms with Crippen molar-refractivity contribution in [2.24, 2.45) is 0 Å². The smallest absolute Gasteiger partial charge is 0.351 e. The molecule has 0 unspecified atom stereocenters. The van der Waals surface area contributed by atoms with Gasteiger partial charge in [0.25, 0.3) is 5.91 Å². The third-order valence-corrected chi connectivity index (χ3v) is 5.65. The van der Waals surface area contributed by atoms with E-state index in [1.807, 2.05) is 0 Å². The number of rotatable bonds is 15. The van der Waals surface area contributed by atoms with E-state index >= 15 is 0 Å². The highest BCUT2D eigenvalue weighted by Crippen LogP contribution is 2.67. The Kier molecular flexibility index (Phi) is 11.1. The second-order valence-corrected chi connectivity index (χ2v) is 9.23. The van der Waals surface area contributed by atoms with Crippen molar-refractivity contribution in [3.05, 3.63) is 0 Å². The van der Waals surface area contributed by atoms with Crippen LogP contribution in [0.2, 0.25) is 0 Å². The molecule has 0 aromatic carbocycles. The van der Waals surface area contributed by atoms with E-state index < -0.39 is 90.2 Å². The van der Waals surface area contributed by atoms with E-state index in [1.54, 1.807) is 0 Å². The van der Waals surface area contributed by atoms with Crippen molar-refractivity contribution in [3.63, 3.8) is 0 Å². The Morgan fingerprint density at radius 3 is 0.913 bits per heavy atom. The molecule has 0 aromatic rings. The van der Waals surface area contributed by atoms with Crippen LogP contribution in [0.15, 0.2) is 0 Å². The van der Waals surface area contributed by atoms with Gasteiger partial charge in [0, 0.05) is 6.54 Å². The maximum Gasteiger partial charge on any atom is 0.460 e. The van der Waals surface area contributed by atoms with Crippen LogP contribution in [-0.2, 0) is 4.79 Å². The fourth-order valence-corrected chi connectivity index (χ4v) is 2.80. The van der Waals surface area contributed by atoms with Gasteiger partial charge in [-0.3, -0.25) is 4.79 Å². The minimum absolute atomic E-state index is 0.241. The van der Waals surface area contributed by atoms with E-state index in [-0.39, 0.29) is 6.54 Å². The van der Waals surface area contributed by atoms with Crippen LogP contribution < -0.4 is 5.32 Å². The summed E-state index contributed by atoms with van der Waals surface area (Å²) in [7, 11) is 2.49. The summed E-state index contributed by atoms with van der Waals surface area (Å²) in [6.07, 6.45) is -8.75. The molecular weight excluding hydrogens is 735 g/mol. The highest BCUT2D eigenvalue weighted by Gasteiger charge is 2.99. The molecule has 0 aliphatic rings. The summed E-state index contributed by atoms with van der Waals surface area (Å²) in [5.74, 6) is -104. The van der Waals surface area contributed by atoms with Crippen molar-refractivity contribution in [2.45, 2.75) is 77.7 Å². The minimum Gasteiger partial charge on any atom is -0.351 e. The molecule has 0 spiro atoms. The third-order valence-electron chi connectivity index (χ3n) is 5.65. The Morgan fingerprint density at radius 1 is 0.435 bits per heavy atom. The number of halogens is 25. The van der Waals surface area contributed by atoms with Gasteiger partial charge in [0.1, 0.15) is 0 Å². The van der Waals surface area contributed by atoms with Crippen LogP contribution in [0.1, 0.15) is 6.42 Å². The molecular formula is C18H13F25N2O. The molecule has 0 fully saturated rings. The molecule has 1 amide bonds. The van der Waals surface area contributed by atoms with Gasteiger partial charge in [0.2, 0.25) is 0 Å². The first kappa shape index (κ1) is 43.7. The zero-order chi connectivity index (χ0) is 38.0. The molecule has 0 aliphatic heterocycles. The number of hydrogen-bond donors (Lipinski definition) is 1. The van der Waals surface area contributed by atoms with Gasteiger partial charge in [0.05, 0.1) is 0 Å². The summed E-state index contributed by atoms with van der Waals surface area (Å²) < 4.78 is 335. The first-order chi connectivity index (χ1) is 19.6. The molecule has 28 heteroatoms. The highest BCUT2D eigenvalue weighted by molar-refractivity contribution is 5.84. The molecule has 0 bridgehead atoms. The molecule has 0 atom stereocenters. The molecule has 276 valence electrons. The van der Waals surface area contributed by atoms with Crippen molar-refractivity contribution in [1.29, 1.82) is 0 Å². The third kappa shape index (κ3) is 5.73. The molecule has 46 heavy (non-hydrogen) atoms. The van der Waals surface area contributed by atoms with Crippen molar-refractivity contribution in [1.82, 2.24) is 10.2 Å². The number of carbonyl (C=O) groups is 1. The van der Waals surface area contributed by atoms with Crippen LogP contribution in [0.5, 0.6) is 0 Å². The maximum absolute atomic E-state index is 13.8. The monoisotopic (exact) mass is 748 g/mol. The summed E-state index contributed by atoms with van der Waals surface area (Å²) in [5, 5.41) is 0.650. The van der Waals surface area contributed by atoms with Gasteiger partial charge in [-0.2, -0.15) is 110 Å². The summed E-state index contributed by atoms with van der Waals surface area (Å²) in [5.41, 5.74) is 0. The van der Waals surface area contributed by atoms with Gasteiger partial charge in [0.15, 0.2) is 0 Å². The molecule has 0 heterocycles. The summed E-state index contributed by atoms with van der Waals surface area (Å²) in [4.78, 5) is 12.4. The first-order valence-corrected chi connectivity index (χ1v) is 10.7. The standard InChI is InChI=1S/C18H13F25N2O/c1-45(2)5-3-4-44-6(46)7(19,20)8(21,22)9(23,24)10(25,26)11(27,28)12(29,30)13(31,32)14(33,34)15(35,36)16(37,38)17(39,40)18(41,42)43/h3-5H2,1-2H3,(H,44,46). The molecule has 3 nitrogen and oxygen atoms in total. The zero-order valence-corrected chi connectivity index (χ0v) is 21.4. The molecule has 1 N–H and O–H groups in total. The number of carbonyl (C=O) groups excluding carboxylic acids is 1. The van der Waals surface area contributed by atoms with Gasteiger partial charge in [-0.1, -0.05) is 0 Å². The van der Waals surface area contributed by atoms with Crippen LogP contribution >= 0.6 is 0 Å². The average Bonchev–Trinajstić information content (AvgIpc) is 2.84. The van der Waals surface area contributed by atoms with Crippen LogP contribution in [-0.4, -0.2) is 109 Å². The van der Waals surface area contributed by atoms with E-state index in [1.165, 1.54) is 19.0 Å². The lowest BCUT2D eigenvalue weighted by atomic mass is 9.84. The van der Waals surface area contributed by atoms with E-state index in [2.05, 4.69) is 0 Å². The lowest BCUT2D eigenvalue weighted by Gasteiger charge is -2.45. The van der Waals surface area contributed by atoms with Crippen LogP contribution in [0.25, 0.3) is 0 Å². The number of hydrogen-bond acceptors (Lipinski definition) is 2. The lowest BCUT2D eigenvalue weighted by Crippen LogP contribution is -2.78. The largest absolute Gasteiger partial charge is 0.460 e. The van der Waals surface area contributed by atoms with E-state index in [0.717, 1.165) is 0 Å². The molecule has 0 aromatic heterocycles. The van der Waals surface area contributed by atoms with Crippen molar-refractivity contribution in [2.75, 3.05) is 27.2 Å². The maximum atomic E-state index is 13.8. The van der Waals surface area contributed by atoms with Crippen LogP contribution in [0.3, 0.4) is 0 Å². The molecule has 0 saturated carbocycles. The Balaban J connectivity index is 7.11. The molecule has 0 saturated heterocycles. The topological polar surface area (TPSA) is 32.3 Å². The number of nitrogens with one attached hydrogen (secondary N) is 1. The SMILES string of the molecule is CN(C)CCCNC(=O)C(F)(F)C(F)(F)C(F)(F)C(F)(F)C(F)(F)C(F)(F)C(F)(F)C(F)(F)C(F)(F)C(F)(F)C(F)(F)C(F)(F)F. The van der Waals surface area contributed by atoms with Crippen LogP contribution in [0, 0.1) is 0 Å². The number of amides is 1. The average molecular weight is 748 g/mol. The Morgan fingerprint density at radius 2 is 0.674 bits per heavy atom. The minimum atomic E-state index is -9.65. The predicted molar refractivity (Wildman–Crippen MR) is 96.7 cm³/mol. The van der Waals surface area contributed by atoms with Gasteiger partial charge in [-0.15, -0.1) is 0 Å². The second kappa shape index (κ2) is 11.7. The summed E-state index contributed by atoms with van der Waals surface area (Å²) in [6, 6.07) is 0. The number of alkyl halides is 25. The van der Waals surface area contributed by atoms with Gasteiger partial charge >= 0.3 is 71.3 Å². The van der Waals surface area contributed by atoms with Crippen LogP contribution in [0.4, 0.5) is 110 Å². The van der Waals surface area contributed by atoms with Gasteiger partial charge in [-0.05, 0) is 27.1 Å². The normalized spacial score (nSPS) is 16.3. The fraction of sp³-hybridized carbons (Fsp3) is 0.944.